The summed E-state index contributed by atoms with van der Waals surface area (Å²) in [6.45, 7) is 2.75. The zero-order valence-electron chi connectivity index (χ0n) is 16.1. The molecular formula is C20H19N9. The van der Waals surface area contributed by atoms with Crippen molar-refractivity contribution in [2.45, 2.75) is 13.5 Å². The Bertz CT molecular complexity index is 1250. The Hall–Kier alpha value is -4.01. The number of fused-ring (bicyclic) bond motifs is 1. The lowest BCUT2D eigenvalue weighted by molar-refractivity contribution is 0.827. The van der Waals surface area contributed by atoms with Crippen molar-refractivity contribution in [2.75, 3.05) is 11.9 Å². The van der Waals surface area contributed by atoms with Crippen LogP contribution in [0.2, 0.25) is 0 Å². The van der Waals surface area contributed by atoms with Gasteiger partial charge in [-0.1, -0.05) is 12.1 Å². The SMILES string of the molecule is Cc1cc(N(C)Cc2ccc(-n3cccc3-c3nnn[nH]3)cc2)n2nccc2n1. The number of aromatic amines is 1. The Morgan fingerprint density at radius 2 is 1.97 bits per heavy atom. The van der Waals surface area contributed by atoms with Crippen LogP contribution >= 0.6 is 0 Å². The number of aromatic nitrogens is 8. The van der Waals surface area contributed by atoms with Crippen LogP contribution in [0.5, 0.6) is 0 Å². The molecule has 0 aliphatic heterocycles. The van der Waals surface area contributed by atoms with Crippen LogP contribution < -0.4 is 4.90 Å². The molecule has 0 aliphatic carbocycles. The quantitative estimate of drug-likeness (QED) is 0.500. The fourth-order valence-corrected chi connectivity index (χ4v) is 3.47. The fraction of sp³-hybridized carbons (Fsp3) is 0.150. The van der Waals surface area contributed by atoms with Gasteiger partial charge in [-0.25, -0.2) is 10.1 Å². The number of benzene rings is 1. The topological polar surface area (TPSA) is 92.8 Å². The highest BCUT2D eigenvalue weighted by Gasteiger charge is 2.11. The first kappa shape index (κ1) is 17.1. The van der Waals surface area contributed by atoms with Crippen molar-refractivity contribution in [1.82, 2.24) is 39.8 Å². The number of hydrogen-bond donors (Lipinski definition) is 1. The second-order valence-corrected chi connectivity index (χ2v) is 6.89. The Morgan fingerprint density at radius 3 is 2.76 bits per heavy atom. The Balaban J connectivity index is 1.40. The van der Waals surface area contributed by atoms with Crippen LogP contribution in [0.15, 0.2) is 60.9 Å². The number of aryl methyl sites for hydroxylation is 1. The summed E-state index contributed by atoms with van der Waals surface area (Å²) in [5, 5.41) is 18.5. The van der Waals surface area contributed by atoms with Crippen molar-refractivity contribution in [3.8, 4) is 17.2 Å². The minimum Gasteiger partial charge on any atom is -0.355 e. The summed E-state index contributed by atoms with van der Waals surface area (Å²) in [5.74, 6) is 1.64. The maximum atomic E-state index is 4.51. The van der Waals surface area contributed by atoms with Crippen LogP contribution in [-0.4, -0.2) is 46.8 Å². The molecule has 144 valence electrons. The molecule has 0 amide bonds. The molecule has 5 rings (SSSR count). The molecule has 4 aromatic heterocycles. The number of nitrogens with zero attached hydrogens (tertiary/aromatic N) is 8. The Kier molecular flexibility index (Phi) is 4.05. The van der Waals surface area contributed by atoms with Crippen molar-refractivity contribution in [3.63, 3.8) is 0 Å². The van der Waals surface area contributed by atoms with Crippen LogP contribution in [0.25, 0.3) is 22.9 Å². The van der Waals surface area contributed by atoms with Gasteiger partial charge in [-0.15, -0.1) is 5.10 Å². The van der Waals surface area contributed by atoms with E-state index < -0.39 is 0 Å². The molecule has 5 aromatic rings. The number of H-pyrrole nitrogens is 1. The van der Waals surface area contributed by atoms with Crippen molar-refractivity contribution >= 4 is 11.5 Å². The fourth-order valence-electron chi connectivity index (χ4n) is 3.47. The van der Waals surface area contributed by atoms with Gasteiger partial charge in [0.15, 0.2) is 11.5 Å². The van der Waals surface area contributed by atoms with E-state index in [1.54, 1.807) is 6.20 Å². The average molecular weight is 385 g/mol. The Morgan fingerprint density at radius 1 is 1.10 bits per heavy atom. The summed E-state index contributed by atoms with van der Waals surface area (Å²) in [5.41, 5.74) is 4.97. The van der Waals surface area contributed by atoms with E-state index in [2.05, 4.69) is 71.5 Å². The lowest BCUT2D eigenvalue weighted by atomic mass is 10.2. The summed E-state index contributed by atoms with van der Waals surface area (Å²) in [4.78, 5) is 6.68. The zero-order chi connectivity index (χ0) is 19.8. The molecule has 0 aliphatic rings. The van der Waals surface area contributed by atoms with E-state index in [1.807, 2.05) is 41.9 Å². The van der Waals surface area contributed by atoms with Gasteiger partial charge in [-0.05, 0) is 47.2 Å². The van der Waals surface area contributed by atoms with Gasteiger partial charge in [0.05, 0.1) is 11.9 Å². The molecule has 9 heteroatoms. The second kappa shape index (κ2) is 6.86. The van der Waals surface area contributed by atoms with Crippen LogP contribution in [0.4, 0.5) is 5.82 Å². The molecule has 4 heterocycles. The van der Waals surface area contributed by atoms with Gasteiger partial charge in [0, 0.05) is 43.3 Å². The number of tetrazole rings is 1. The van der Waals surface area contributed by atoms with Gasteiger partial charge in [0.2, 0.25) is 0 Å². The highest BCUT2D eigenvalue weighted by atomic mass is 15.5. The zero-order valence-corrected chi connectivity index (χ0v) is 16.1. The third-order valence-electron chi connectivity index (χ3n) is 4.83. The summed E-state index contributed by atoms with van der Waals surface area (Å²) in [6, 6.07) is 16.4. The monoisotopic (exact) mass is 385 g/mol. The number of rotatable bonds is 5. The lowest BCUT2D eigenvalue weighted by Gasteiger charge is -2.20. The van der Waals surface area contributed by atoms with E-state index in [4.69, 9.17) is 0 Å². The second-order valence-electron chi connectivity index (χ2n) is 6.89. The molecule has 9 nitrogen and oxygen atoms in total. The highest BCUT2D eigenvalue weighted by Crippen LogP contribution is 2.22. The molecule has 0 radical (unpaired) electrons. The molecule has 29 heavy (non-hydrogen) atoms. The van der Waals surface area contributed by atoms with Crippen LogP contribution in [0.1, 0.15) is 11.3 Å². The van der Waals surface area contributed by atoms with Gasteiger partial charge in [-0.2, -0.15) is 9.61 Å². The van der Waals surface area contributed by atoms with Gasteiger partial charge < -0.3 is 9.47 Å². The van der Waals surface area contributed by atoms with Gasteiger partial charge in [-0.3, -0.25) is 0 Å². The van der Waals surface area contributed by atoms with Gasteiger partial charge in [0.25, 0.3) is 0 Å². The summed E-state index contributed by atoms with van der Waals surface area (Å²) in [6.07, 6.45) is 3.76. The van der Waals surface area contributed by atoms with E-state index in [0.717, 1.165) is 35.1 Å². The number of nitrogens with one attached hydrogen (secondary N) is 1. The predicted octanol–water partition coefficient (Wildman–Crippen LogP) is 2.64. The molecule has 0 unspecified atom stereocenters. The van der Waals surface area contributed by atoms with Crippen molar-refractivity contribution in [1.29, 1.82) is 0 Å². The number of anilines is 1. The third kappa shape index (κ3) is 3.12. The van der Waals surface area contributed by atoms with E-state index in [-0.39, 0.29) is 0 Å². The maximum Gasteiger partial charge on any atom is 0.196 e. The molecule has 0 bridgehead atoms. The van der Waals surface area contributed by atoms with Crippen molar-refractivity contribution in [3.05, 3.63) is 72.2 Å². The molecule has 0 saturated carbocycles. The van der Waals surface area contributed by atoms with Gasteiger partial charge >= 0.3 is 0 Å². The average Bonchev–Trinajstić information content (AvgIpc) is 3.47. The predicted molar refractivity (Wildman–Crippen MR) is 109 cm³/mol. The molecule has 0 saturated heterocycles. The van der Waals surface area contributed by atoms with E-state index in [0.29, 0.717) is 5.82 Å². The Labute approximate surface area is 166 Å². The standard InChI is InChI=1S/C20H19N9/c1-14-12-19(29-18(22-14)9-10-21-29)27(2)13-15-5-7-16(8-6-15)28-11-3-4-17(28)20-23-25-26-24-20/h3-12H,13H2,1-2H3,(H,23,24,25,26). The smallest absolute Gasteiger partial charge is 0.196 e. The third-order valence-corrected chi connectivity index (χ3v) is 4.83. The van der Waals surface area contributed by atoms with Crippen LogP contribution in [-0.2, 0) is 6.54 Å². The van der Waals surface area contributed by atoms with E-state index in [1.165, 1.54) is 5.56 Å². The largest absolute Gasteiger partial charge is 0.355 e. The highest BCUT2D eigenvalue weighted by molar-refractivity contribution is 5.55. The number of hydrogen-bond acceptors (Lipinski definition) is 6. The normalized spacial score (nSPS) is 11.2. The molecule has 0 spiro atoms. The first-order valence-corrected chi connectivity index (χ1v) is 9.22. The van der Waals surface area contributed by atoms with Gasteiger partial charge in [0.1, 0.15) is 5.82 Å². The van der Waals surface area contributed by atoms with E-state index in [9.17, 15) is 0 Å². The molecule has 0 atom stereocenters. The summed E-state index contributed by atoms with van der Waals surface area (Å²) < 4.78 is 3.91. The maximum absolute atomic E-state index is 4.51. The van der Waals surface area contributed by atoms with Crippen LogP contribution in [0, 0.1) is 6.92 Å². The molecule has 1 aromatic carbocycles. The molecule has 1 N–H and O–H groups in total. The first-order valence-electron chi connectivity index (χ1n) is 9.22. The minimum atomic E-state index is 0.634. The van der Waals surface area contributed by atoms with Crippen molar-refractivity contribution < 1.29 is 0 Å². The van der Waals surface area contributed by atoms with Crippen LogP contribution in [0.3, 0.4) is 0 Å². The van der Waals surface area contributed by atoms with Crippen molar-refractivity contribution in [2.24, 2.45) is 0 Å². The minimum absolute atomic E-state index is 0.634. The molecule has 0 fully saturated rings. The lowest BCUT2D eigenvalue weighted by Crippen LogP contribution is -2.20. The summed E-state index contributed by atoms with van der Waals surface area (Å²) in [7, 11) is 2.06. The van der Waals surface area contributed by atoms with E-state index >= 15 is 0 Å². The first-order chi connectivity index (χ1) is 14.2. The molecular weight excluding hydrogens is 366 g/mol. The summed E-state index contributed by atoms with van der Waals surface area (Å²) >= 11 is 0.